The summed E-state index contributed by atoms with van der Waals surface area (Å²) >= 11 is 0. The zero-order valence-corrected chi connectivity index (χ0v) is 15.3. The van der Waals surface area contributed by atoms with E-state index in [2.05, 4.69) is 5.16 Å². The summed E-state index contributed by atoms with van der Waals surface area (Å²) in [5.41, 5.74) is 1.59. The van der Waals surface area contributed by atoms with Gasteiger partial charge < -0.3 is 9.42 Å². The fourth-order valence-corrected chi connectivity index (χ4v) is 5.24. The summed E-state index contributed by atoms with van der Waals surface area (Å²) in [5.74, 6) is -0.121. The topological polar surface area (TPSA) is 80.5 Å². The van der Waals surface area contributed by atoms with Crippen molar-refractivity contribution < 1.29 is 17.7 Å². The Bertz CT molecular complexity index is 833. The van der Waals surface area contributed by atoms with Crippen LogP contribution in [0.15, 0.2) is 34.9 Å². The molecule has 1 aliphatic rings. The Hall–Kier alpha value is -2.15. The molecule has 3 rings (SSSR count). The van der Waals surface area contributed by atoms with Gasteiger partial charge in [0.05, 0.1) is 11.4 Å². The maximum absolute atomic E-state index is 13.2. The van der Waals surface area contributed by atoms with Gasteiger partial charge in [-0.05, 0) is 32.3 Å². The van der Waals surface area contributed by atoms with Crippen molar-refractivity contribution in [3.8, 4) is 0 Å². The van der Waals surface area contributed by atoms with E-state index in [1.54, 1.807) is 43.0 Å². The van der Waals surface area contributed by atoms with Crippen LogP contribution in [0.3, 0.4) is 0 Å². The average molecular weight is 362 g/mol. The molecular weight excluding hydrogens is 340 g/mol. The number of carbonyl (C=O) groups excluding carboxylic acids is 1. The third kappa shape index (κ3) is 3.61. The molecule has 1 fully saturated rings. The van der Waals surface area contributed by atoms with E-state index in [4.69, 9.17) is 4.52 Å². The molecular formula is C18H22N2O4S. The Balaban J connectivity index is 1.99. The van der Waals surface area contributed by atoms with Crippen molar-refractivity contribution in [2.24, 2.45) is 0 Å². The second kappa shape index (κ2) is 7.00. The van der Waals surface area contributed by atoms with E-state index in [9.17, 15) is 13.2 Å². The molecule has 0 aliphatic carbocycles. The van der Waals surface area contributed by atoms with Crippen LogP contribution in [0.4, 0.5) is 0 Å². The van der Waals surface area contributed by atoms with Gasteiger partial charge in [-0.25, -0.2) is 8.42 Å². The number of nitrogens with zero attached hydrogens (tertiary/aromatic N) is 2. The molecule has 0 saturated carbocycles. The summed E-state index contributed by atoms with van der Waals surface area (Å²) < 4.78 is 31.4. The fraction of sp³-hybridized carbons (Fsp3) is 0.444. The highest BCUT2D eigenvalue weighted by Crippen LogP contribution is 2.30. The predicted molar refractivity (Wildman–Crippen MR) is 93.6 cm³/mol. The first-order chi connectivity index (χ1) is 11.9. The van der Waals surface area contributed by atoms with Crippen LogP contribution in [0.2, 0.25) is 0 Å². The Morgan fingerprint density at radius 1 is 1.20 bits per heavy atom. The van der Waals surface area contributed by atoms with Crippen LogP contribution in [-0.2, 0) is 20.4 Å². The molecule has 0 N–H and O–H groups in total. The lowest BCUT2D eigenvalue weighted by Crippen LogP contribution is -2.36. The van der Waals surface area contributed by atoms with E-state index in [-0.39, 0.29) is 11.7 Å². The summed E-state index contributed by atoms with van der Waals surface area (Å²) in [4.78, 5) is 14.7. The van der Waals surface area contributed by atoms with Crippen LogP contribution in [0, 0.1) is 13.8 Å². The Morgan fingerprint density at radius 3 is 2.40 bits per heavy atom. The first kappa shape index (κ1) is 17.7. The van der Waals surface area contributed by atoms with Crippen molar-refractivity contribution in [3.05, 3.63) is 52.9 Å². The lowest BCUT2D eigenvalue weighted by Gasteiger charge is -2.23. The maximum atomic E-state index is 13.2. The van der Waals surface area contributed by atoms with Crippen molar-refractivity contribution in [1.29, 1.82) is 0 Å². The molecule has 0 spiro atoms. The molecule has 1 aromatic carbocycles. The highest BCUT2D eigenvalue weighted by Gasteiger charge is 2.38. The van der Waals surface area contributed by atoms with Gasteiger partial charge in [0.2, 0.25) is 5.91 Å². The van der Waals surface area contributed by atoms with Gasteiger partial charge in [0.1, 0.15) is 5.76 Å². The van der Waals surface area contributed by atoms with Crippen LogP contribution in [-0.4, -0.2) is 37.5 Å². The van der Waals surface area contributed by atoms with Gasteiger partial charge in [-0.2, -0.15) is 0 Å². The van der Waals surface area contributed by atoms with E-state index < -0.39 is 15.1 Å². The van der Waals surface area contributed by atoms with Gasteiger partial charge in [0, 0.05) is 18.7 Å². The number of likely N-dealkylation sites (tertiary alicyclic amines) is 1. The molecule has 1 saturated heterocycles. The molecule has 2 aromatic rings. The molecule has 1 amide bonds. The van der Waals surface area contributed by atoms with Gasteiger partial charge in [0.15, 0.2) is 15.1 Å². The number of sulfone groups is 1. The van der Waals surface area contributed by atoms with Crippen molar-refractivity contribution >= 4 is 15.7 Å². The standard InChI is InChI=1S/C18H22N2O4S/c1-13-16(14(2)24-19-13)12-25(22,23)17(15-8-4-3-5-9-15)18(21)20-10-6-7-11-20/h3-5,8-9,17H,6-7,10-12H2,1-2H3. The van der Waals surface area contributed by atoms with E-state index in [1.165, 1.54) is 0 Å². The fourth-order valence-electron chi connectivity index (χ4n) is 3.23. The minimum atomic E-state index is -3.77. The van der Waals surface area contributed by atoms with Crippen LogP contribution >= 0.6 is 0 Å². The summed E-state index contributed by atoms with van der Waals surface area (Å²) in [6.45, 7) is 4.62. The second-order valence-corrected chi connectivity index (χ2v) is 8.52. The van der Waals surface area contributed by atoms with Crippen molar-refractivity contribution in [3.63, 3.8) is 0 Å². The first-order valence-electron chi connectivity index (χ1n) is 8.37. The molecule has 25 heavy (non-hydrogen) atoms. The lowest BCUT2D eigenvalue weighted by atomic mass is 10.1. The van der Waals surface area contributed by atoms with Crippen LogP contribution in [0.25, 0.3) is 0 Å². The van der Waals surface area contributed by atoms with Crippen molar-refractivity contribution in [2.75, 3.05) is 13.1 Å². The van der Waals surface area contributed by atoms with Crippen LogP contribution < -0.4 is 0 Å². The number of amides is 1. The third-order valence-corrected chi connectivity index (χ3v) is 6.51. The summed E-state index contributed by atoms with van der Waals surface area (Å²) in [5, 5.41) is 2.63. The quantitative estimate of drug-likeness (QED) is 0.817. The maximum Gasteiger partial charge on any atom is 0.245 e. The van der Waals surface area contributed by atoms with Gasteiger partial charge in [-0.15, -0.1) is 0 Å². The molecule has 1 aromatic heterocycles. The number of carbonyl (C=O) groups is 1. The third-order valence-electron chi connectivity index (χ3n) is 4.63. The average Bonchev–Trinajstić information content (AvgIpc) is 3.21. The first-order valence-corrected chi connectivity index (χ1v) is 10.1. The van der Waals surface area contributed by atoms with Gasteiger partial charge >= 0.3 is 0 Å². The highest BCUT2D eigenvalue weighted by molar-refractivity contribution is 7.91. The zero-order valence-electron chi connectivity index (χ0n) is 14.4. The van der Waals surface area contributed by atoms with Crippen molar-refractivity contribution in [1.82, 2.24) is 10.1 Å². The Kier molecular flexibility index (Phi) is 4.94. The zero-order chi connectivity index (χ0) is 18.0. The SMILES string of the molecule is Cc1noc(C)c1CS(=O)(=O)C(C(=O)N1CCCC1)c1ccccc1. The molecule has 1 aliphatic heterocycles. The Morgan fingerprint density at radius 2 is 1.84 bits per heavy atom. The van der Waals surface area contributed by atoms with E-state index >= 15 is 0 Å². The van der Waals surface area contributed by atoms with Crippen molar-refractivity contribution in [2.45, 2.75) is 37.7 Å². The van der Waals surface area contributed by atoms with Gasteiger partial charge in [-0.3, -0.25) is 4.79 Å². The van der Waals surface area contributed by atoms with Gasteiger partial charge in [-0.1, -0.05) is 35.5 Å². The molecule has 1 unspecified atom stereocenters. The van der Waals surface area contributed by atoms with Crippen LogP contribution in [0.1, 0.15) is 40.7 Å². The van der Waals surface area contributed by atoms with E-state index in [0.29, 0.717) is 35.7 Å². The normalized spacial score (nSPS) is 16.2. The minimum absolute atomic E-state index is 0.257. The number of benzene rings is 1. The molecule has 0 radical (unpaired) electrons. The largest absolute Gasteiger partial charge is 0.361 e. The summed E-state index contributed by atoms with van der Waals surface area (Å²) in [7, 11) is -3.77. The van der Waals surface area contributed by atoms with E-state index in [1.807, 2.05) is 6.07 Å². The number of aromatic nitrogens is 1. The molecule has 2 heterocycles. The molecule has 134 valence electrons. The number of hydrogen-bond donors (Lipinski definition) is 0. The molecule has 1 atom stereocenters. The smallest absolute Gasteiger partial charge is 0.245 e. The number of aryl methyl sites for hydroxylation is 2. The highest BCUT2D eigenvalue weighted by atomic mass is 32.2. The molecule has 7 heteroatoms. The molecule has 6 nitrogen and oxygen atoms in total. The van der Waals surface area contributed by atoms with Gasteiger partial charge in [0.25, 0.3) is 0 Å². The Labute approximate surface area is 147 Å². The molecule has 0 bridgehead atoms. The lowest BCUT2D eigenvalue weighted by molar-refractivity contribution is -0.129. The summed E-state index contributed by atoms with van der Waals surface area (Å²) in [6.07, 6.45) is 1.83. The number of hydrogen-bond acceptors (Lipinski definition) is 5. The number of rotatable bonds is 5. The second-order valence-electron chi connectivity index (χ2n) is 6.43. The monoisotopic (exact) mass is 362 g/mol. The van der Waals surface area contributed by atoms with E-state index in [0.717, 1.165) is 12.8 Å². The van der Waals surface area contributed by atoms with Crippen LogP contribution in [0.5, 0.6) is 0 Å². The predicted octanol–water partition coefficient (Wildman–Crippen LogP) is 2.57. The summed E-state index contributed by atoms with van der Waals surface area (Å²) in [6, 6.07) is 8.71. The minimum Gasteiger partial charge on any atom is -0.361 e.